The number of ether oxygens (including phenoxy) is 3. The fourth-order valence-corrected chi connectivity index (χ4v) is 1.71. The maximum absolute atomic E-state index is 11.7. The molecule has 0 fully saturated rings. The molecule has 1 N–H and O–H groups in total. The summed E-state index contributed by atoms with van der Waals surface area (Å²) in [5.74, 6) is -1.37. The van der Waals surface area contributed by atoms with Crippen LogP contribution in [0.5, 0.6) is 0 Å². The molecule has 0 aromatic carbocycles. The van der Waals surface area contributed by atoms with Gasteiger partial charge in [-0.3, -0.25) is 0 Å². The van der Waals surface area contributed by atoms with Crippen LogP contribution in [0, 0.1) is 0 Å². The van der Waals surface area contributed by atoms with Gasteiger partial charge in [0.2, 0.25) is 0 Å². The standard InChI is InChI=1S/C15H21N3O6/c1-15(2,3)24-14(21)16-7-6-9-8-10(12(19)22-4)17-18-11(9)13(20)23-5/h8H,6-7H2,1-5H3,(H,16,21). The molecule has 24 heavy (non-hydrogen) atoms. The van der Waals surface area contributed by atoms with Gasteiger partial charge in [0.1, 0.15) is 5.60 Å². The van der Waals surface area contributed by atoms with Crippen molar-refractivity contribution in [2.75, 3.05) is 20.8 Å². The first kappa shape index (κ1) is 19.3. The van der Waals surface area contributed by atoms with Crippen LogP contribution in [0.15, 0.2) is 6.07 Å². The van der Waals surface area contributed by atoms with Crippen molar-refractivity contribution in [2.45, 2.75) is 32.8 Å². The highest BCUT2D eigenvalue weighted by Crippen LogP contribution is 2.11. The molecule has 9 heteroatoms. The SMILES string of the molecule is COC(=O)c1cc(CCNC(=O)OC(C)(C)C)c(C(=O)OC)nn1. The first-order chi connectivity index (χ1) is 11.2. The van der Waals surface area contributed by atoms with E-state index in [-0.39, 0.29) is 24.4 Å². The van der Waals surface area contributed by atoms with E-state index in [0.717, 1.165) is 0 Å². The van der Waals surface area contributed by atoms with Crippen LogP contribution in [-0.2, 0) is 20.6 Å². The largest absolute Gasteiger partial charge is 0.464 e. The van der Waals surface area contributed by atoms with E-state index in [0.29, 0.717) is 5.56 Å². The minimum Gasteiger partial charge on any atom is -0.464 e. The number of aromatic nitrogens is 2. The Hall–Kier alpha value is -2.71. The first-order valence-corrected chi connectivity index (χ1v) is 7.18. The summed E-state index contributed by atoms with van der Waals surface area (Å²) < 4.78 is 14.3. The van der Waals surface area contributed by atoms with Crippen LogP contribution in [0.2, 0.25) is 0 Å². The average molecular weight is 339 g/mol. The number of hydrogen-bond donors (Lipinski definition) is 1. The molecule has 132 valence electrons. The lowest BCUT2D eigenvalue weighted by atomic mass is 10.1. The van der Waals surface area contributed by atoms with E-state index in [4.69, 9.17) is 4.74 Å². The predicted molar refractivity (Wildman–Crippen MR) is 82.7 cm³/mol. The van der Waals surface area contributed by atoms with Crippen molar-refractivity contribution in [1.29, 1.82) is 0 Å². The normalized spacial score (nSPS) is 10.7. The van der Waals surface area contributed by atoms with Gasteiger partial charge in [-0.25, -0.2) is 14.4 Å². The third-order valence-electron chi connectivity index (χ3n) is 2.71. The third kappa shape index (κ3) is 5.82. The van der Waals surface area contributed by atoms with Gasteiger partial charge < -0.3 is 19.5 Å². The van der Waals surface area contributed by atoms with Crippen LogP contribution >= 0.6 is 0 Å². The second-order valence-electron chi connectivity index (χ2n) is 5.77. The molecule has 1 amide bonds. The Morgan fingerprint density at radius 1 is 1.08 bits per heavy atom. The third-order valence-corrected chi connectivity index (χ3v) is 2.71. The van der Waals surface area contributed by atoms with Crippen molar-refractivity contribution in [3.63, 3.8) is 0 Å². The van der Waals surface area contributed by atoms with Gasteiger partial charge in [0.05, 0.1) is 14.2 Å². The Kier molecular flexibility index (Phi) is 6.63. The van der Waals surface area contributed by atoms with E-state index < -0.39 is 23.6 Å². The van der Waals surface area contributed by atoms with Crippen molar-refractivity contribution in [3.8, 4) is 0 Å². The van der Waals surface area contributed by atoms with Gasteiger partial charge in [0, 0.05) is 6.54 Å². The van der Waals surface area contributed by atoms with Gasteiger partial charge in [-0.05, 0) is 38.8 Å². The summed E-state index contributed by atoms with van der Waals surface area (Å²) in [6.45, 7) is 5.41. The number of rotatable bonds is 5. The molecule has 0 aliphatic heterocycles. The number of amides is 1. The van der Waals surface area contributed by atoms with Crippen LogP contribution < -0.4 is 5.32 Å². The summed E-state index contributed by atoms with van der Waals surface area (Å²) in [6, 6.07) is 1.38. The number of methoxy groups -OCH3 is 2. The Morgan fingerprint density at radius 2 is 1.71 bits per heavy atom. The van der Waals surface area contributed by atoms with Gasteiger partial charge in [-0.15, -0.1) is 10.2 Å². The Balaban J connectivity index is 2.85. The molecule has 1 aromatic rings. The summed E-state index contributed by atoms with van der Waals surface area (Å²) in [7, 11) is 2.42. The van der Waals surface area contributed by atoms with Gasteiger partial charge >= 0.3 is 18.0 Å². The zero-order chi connectivity index (χ0) is 18.3. The first-order valence-electron chi connectivity index (χ1n) is 7.18. The number of hydrogen-bond acceptors (Lipinski definition) is 8. The highest BCUT2D eigenvalue weighted by Gasteiger charge is 2.20. The summed E-state index contributed by atoms with van der Waals surface area (Å²) >= 11 is 0. The lowest BCUT2D eigenvalue weighted by molar-refractivity contribution is 0.0526. The summed E-state index contributed by atoms with van der Waals surface area (Å²) in [4.78, 5) is 34.9. The molecule has 1 heterocycles. The van der Waals surface area contributed by atoms with Crippen molar-refractivity contribution < 1.29 is 28.6 Å². The molecular formula is C15H21N3O6. The quantitative estimate of drug-likeness (QED) is 0.626. The highest BCUT2D eigenvalue weighted by molar-refractivity contribution is 5.91. The molecule has 0 radical (unpaired) electrons. The fourth-order valence-electron chi connectivity index (χ4n) is 1.71. The smallest absolute Gasteiger partial charge is 0.407 e. The highest BCUT2D eigenvalue weighted by atomic mass is 16.6. The Labute approximate surface area is 139 Å². The van der Waals surface area contributed by atoms with E-state index >= 15 is 0 Å². The van der Waals surface area contributed by atoms with E-state index in [1.54, 1.807) is 20.8 Å². The van der Waals surface area contributed by atoms with Crippen LogP contribution in [0.1, 0.15) is 47.3 Å². The van der Waals surface area contributed by atoms with Crippen LogP contribution in [0.4, 0.5) is 4.79 Å². The number of esters is 2. The molecule has 0 unspecified atom stereocenters. The molecule has 0 aliphatic carbocycles. The average Bonchev–Trinajstić information content (AvgIpc) is 2.51. The summed E-state index contributed by atoms with van der Waals surface area (Å²) in [5, 5.41) is 9.90. The van der Waals surface area contributed by atoms with Crippen LogP contribution in [-0.4, -0.2) is 54.6 Å². The molecule has 0 atom stereocenters. The van der Waals surface area contributed by atoms with Gasteiger partial charge in [-0.1, -0.05) is 0 Å². The topological polar surface area (TPSA) is 117 Å². The second-order valence-corrected chi connectivity index (χ2v) is 5.77. The molecular weight excluding hydrogens is 318 g/mol. The number of carbonyl (C=O) groups excluding carboxylic acids is 3. The summed E-state index contributed by atoms with van der Waals surface area (Å²) in [5.41, 5.74) is -0.292. The zero-order valence-corrected chi connectivity index (χ0v) is 14.3. The van der Waals surface area contributed by atoms with E-state index in [1.165, 1.54) is 20.3 Å². The Morgan fingerprint density at radius 3 is 2.25 bits per heavy atom. The molecule has 9 nitrogen and oxygen atoms in total. The van der Waals surface area contributed by atoms with Gasteiger partial charge in [0.15, 0.2) is 11.4 Å². The number of nitrogens with zero attached hydrogens (tertiary/aromatic N) is 2. The molecule has 1 aromatic heterocycles. The van der Waals surface area contributed by atoms with Gasteiger partial charge in [-0.2, -0.15) is 0 Å². The molecule has 0 aliphatic rings. The van der Waals surface area contributed by atoms with E-state index in [1.807, 2.05) is 0 Å². The molecule has 0 spiro atoms. The second kappa shape index (κ2) is 8.23. The minimum absolute atomic E-state index is 0.0314. The number of carbonyl (C=O) groups is 3. The number of alkyl carbamates (subject to hydrolysis) is 1. The van der Waals surface area contributed by atoms with Crippen molar-refractivity contribution in [2.24, 2.45) is 0 Å². The van der Waals surface area contributed by atoms with Crippen molar-refractivity contribution in [3.05, 3.63) is 23.0 Å². The fraction of sp³-hybridized carbons (Fsp3) is 0.533. The lowest BCUT2D eigenvalue weighted by Gasteiger charge is -2.19. The predicted octanol–water partition coefficient (Wildman–Crippen LogP) is 1.12. The monoisotopic (exact) mass is 339 g/mol. The molecule has 0 bridgehead atoms. The van der Waals surface area contributed by atoms with Crippen LogP contribution in [0.25, 0.3) is 0 Å². The summed E-state index contributed by atoms with van der Waals surface area (Å²) in [6.07, 6.45) is -0.360. The Bertz CT molecular complexity index is 624. The number of nitrogens with one attached hydrogen (secondary N) is 1. The minimum atomic E-state index is -0.689. The maximum atomic E-state index is 11.7. The van der Waals surface area contributed by atoms with Crippen molar-refractivity contribution in [1.82, 2.24) is 15.5 Å². The van der Waals surface area contributed by atoms with Gasteiger partial charge in [0.25, 0.3) is 0 Å². The lowest BCUT2D eigenvalue weighted by Crippen LogP contribution is -2.33. The van der Waals surface area contributed by atoms with Crippen LogP contribution in [0.3, 0.4) is 0 Å². The van der Waals surface area contributed by atoms with Crippen molar-refractivity contribution >= 4 is 18.0 Å². The molecule has 1 rings (SSSR count). The molecule has 0 saturated heterocycles. The molecule has 0 saturated carbocycles. The zero-order valence-electron chi connectivity index (χ0n) is 14.3. The van der Waals surface area contributed by atoms with E-state index in [9.17, 15) is 14.4 Å². The maximum Gasteiger partial charge on any atom is 0.407 e. The van der Waals surface area contributed by atoms with E-state index in [2.05, 4.69) is 25.0 Å².